The van der Waals surface area contributed by atoms with Gasteiger partial charge < -0.3 is 14.4 Å². The van der Waals surface area contributed by atoms with E-state index in [2.05, 4.69) is 4.90 Å². The fourth-order valence-corrected chi connectivity index (χ4v) is 2.93. The zero-order chi connectivity index (χ0) is 14.2. The van der Waals surface area contributed by atoms with Crippen molar-refractivity contribution in [1.29, 1.82) is 0 Å². The highest BCUT2D eigenvalue weighted by Gasteiger charge is 2.40. The Labute approximate surface area is 117 Å². The number of hydrogen-bond donors (Lipinski definition) is 0. The number of morpholine rings is 1. The lowest BCUT2D eigenvalue weighted by molar-refractivity contribution is -0.385. The van der Waals surface area contributed by atoms with Crippen molar-refractivity contribution in [1.82, 2.24) is 0 Å². The van der Waals surface area contributed by atoms with Crippen molar-refractivity contribution in [2.45, 2.75) is 18.9 Å². The maximum atomic E-state index is 10.9. The molecule has 0 bridgehead atoms. The summed E-state index contributed by atoms with van der Waals surface area (Å²) in [7, 11) is 0. The molecule has 2 fully saturated rings. The van der Waals surface area contributed by atoms with Gasteiger partial charge in [0, 0.05) is 43.4 Å². The highest BCUT2D eigenvalue weighted by atomic mass is 16.6. The monoisotopic (exact) mass is 278 g/mol. The van der Waals surface area contributed by atoms with E-state index in [1.807, 2.05) is 12.1 Å². The number of anilines is 1. The van der Waals surface area contributed by atoms with E-state index in [0.29, 0.717) is 18.8 Å². The fraction of sp³-hybridized carbons (Fsp3) is 0.571. The van der Waals surface area contributed by atoms with E-state index >= 15 is 0 Å². The van der Waals surface area contributed by atoms with E-state index in [9.17, 15) is 10.1 Å². The lowest BCUT2D eigenvalue weighted by atomic mass is 10.00. The van der Waals surface area contributed by atoms with Crippen LogP contribution in [0.2, 0.25) is 0 Å². The second kappa shape index (κ2) is 5.03. The van der Waals surface area contributed by atoms with Crippen molar-refractivity contribution in [3.63, 3.8) is 0 Å². The van der Waals surface area contributed by atoms with E-state index in [1.54, 1.807) is 13.0 Å². The summed E-state index contributed by atoms with van der Waals surface area (Å²) in [4.78, 5) is 12.8. The molecule has 0 saturated carbocycles. The van der Waals surface area contributed by atoms with Gasteiger partial charge in [-0.1, -0.05) is 0 Å². The van der Waals surface area contributed by atoms with E-state index < -0.39 is 0 Å². The van der Waals surface area contributed by atoms with Gasteiger partial charge in [0.15, 0.2) is 0 Å². The second-order valence-electron chi connectivity index (χ2n) is 5.48. The van der Waals surface area contributed by atoms with Gasteiger partial charge in [-0.25, -0.2) is 0 Å². The van der Waals surface area contributed by atoms with Crippen molar-refractivity contribution < 1.29 is 14.4 Å². The van der Waals surface area contributed by atoms with Crippen LogP contribution in [0.3, 0.4) is 0 Å². The molecule has 0 radical (unpaired) electrons. The van der Waals surface area contributed by atoms with Gasteiger partial charge in [-0.3, -0.25) is 10.1 Å². The van der Waals surface area contributed by atoms with Crippen LogP contribution < -0.4 is 4.90 Å². The van der Waals surface area contributed by atoms with Crippen LogP contribution in [0.15, 0.2) is 18.2 Å². The number of ether oxygens (including phenoxy) is 2. The number of nitro benzene ring substituents is 1. The molecular formula is C14H18N2O4. The highest BCUT2D eigenvalue weighted by Crippen LogP contribution is 2.31. The molecule has 0 aromatic heterocycles. The zero-order valence-corrected chi connectivity index (χ0v) is 11.5. The molecule has 0 N–H and O–H groups in total. The molecule has 2 aliphatic rings. The van der Waals surface area contributed by atoms with E-state index in [0.717, 1.165) is 31.8 Å². The summed E-state index contributed by atoms with van der Waals surface area (Å²) in [5, 5.41) is 10.9. The number of nitro groups is 1. The summed E-state index contributed by atoms with van der Waals surface area (Å²) in [5.74, 6) is 0. The van der Waals surface area contributed by atoms with Crippen molar-refractivity contribution >= 4 is 11.4 Å². The van der Waals surface area contributed by atoms with Gasteiger partial charge in [0.25, 0.3) is 5.69 Å². The predicted octanol–water partition coefficient (Wildman–Crippen LogP) is 1.90. The number of nitrogens with zero attached hydrogens (tertiary/aromatic N) is 2. The molecule has 0 aliphatic carbocycles. The molecule has 1 spiro atoms. The van der Waals surface area contributed by atoms with Crippen molar-refractivity contribution in [3.8, 4) is 0 Å². The topological polar surface area (TPSA) is 64.8 Å². The van der Waals surface area contributed by atoms with Crippen molar-refractivity contribution in [2.24, 2.45) is 0 Å². The standard InChI is InChI=1S/C14H18N2O4/c1-11-8-12(2-3-13(11)16(17)18)15-5-7-20-14(9-15)4-6-19-10-14/h2-3,8H,4-7,9-10H2,1H3. The second-order valence-corrected chi connectivity index (χ2v) is 5.48. The van der Waals surface area contributed by atoms with E-state index in [4.69, 9.17) is 9.47 Å². The summed E-state index contributed by atoms with van der Waals surface area (Å²) in [5.41, 5.74) is 1.67. The molecular weight excluding hydrogens is 260 g/mol. The first-order chi connectivity index (χ1) is 9.60. The summed E-state index contributed by atoms with van der Waals surface area (Å²) >= 11 is 0. The average Bonchev–Trinajstić information content (AvgIpc) is 2.86. The third-order valence-electron chi connectivity index (χ3n) is 4.06. The van der Waals surface area contributed by atoms with Crippen LogP contribution in [0.1, 0.15) is 12.0 Å². The number of benzene rings is 1. The van der Waals surface area contributed by atoms with Crippen molar-refractivity contribution in [2.75, 3.05) is 37.8 Å². The number of rotatable bonds is 2. The van der Waals surface area contributed by atoms with Gasteiger partial charge in [-0.15, -0.1) is 0 Å². The van der Waals surface area contributed by atoms with Crippen LogP contribution in [-0.2, 0) is 9.47 Å². The van der Waals surface area contributed by atoms with E-state index in [-0.39, 0.29) is 16.2 Å². The minimum absolute atomic E-state index is 0.168. The molecule has 108 valence electrons. The Balaban J connectivity index is 1.82. The van der Waals surface area contributed by atoms with Gasteiger partial charge in [-0.05, 0) is 19.1 Å². The van der Waals surface area contributed by atoms with Crippen molar-refractivity contribution in [3.05, 3.63) is 33.9 Å². The van der Waals surface area contributed by atoms with Crippen LogP contribution in [-0.4, -0.2) is 43.4 Å². The van der Waals surface area contributed by atoms with Crippen LogP contribution in [0.4, 0.5) is 11.4 Å². The Bertz CT molecular complexity index is 526. The first-order valence-corrected chi connectivity index (χ1v) is 6.81. The van der Waals surface area contributed by atoms with Crippen LogP contribution in [0, 0.1) is 17.0 Å². The Kier molecular flexibility index (Phi) is 3.35. The quantitative estimate of drug-likeness (QED) is 0.610. The Morgan fingerprint density at radius 2 is 2.25 bits per heavy atom. The summed E-state index contributed by atoms with van der Waals surface area (Å²) in [6, 6.07) is 5.28. The molecule has 2 saturated heterocycles. The lowest BCUT2D eigenvalue weighted by Gasteiger charge is -2.40. The maximum absolute atomic E-state index is 10.9. The van der Waals surface area contributed by atoms with E-state index in [1.165, 1.54) is 0 Å². The predicted molar refractivity (Wildman–Crippen MR) is 74.2 cm³/mol. The van der Waals surface area contributed by atoms with Crippen LogP contribution in [0.5, 0.6) is 0 Å². The molecule has 1 unspecified atom stereocenters. The minimum atomic E-state index is -0.343. The SMILES string of the molecule is Cc1cc(N2CCOC3(CCOC3)C2)ccc1[N+](=O)[O-]. The van der Waals surface area contributed by atoms with Gasteiger partial charge in [0.1, 0.15) is 5.60 Å². The lowest BCUT2D eigenvalue weighted by Crippen LogP contribution is -2.52. The van der Waals surface area contributed by atoms with Crippen LogP contribution >= 0.6 is 0 Å². The molecule has 6 heteroatoms. The number of aryl methyl sites for hydroxylation is 1. The van der Waals surface area contributed by atoms with Crippen LogP contribution in [0.25, 0.3) is 0 Å². The fourth-order valence-electron chi connectivity index (χ4n) is 2.93. The average molecular weight is 278 g/mol. The smallest absolute Gasteiger partial charge is 0.272 e. The zero-order valence-electron chi connectivity index (χ0n) is 11.5. The normalized spacial score (nSPS) is 26.1. The number of hydrogen-bond acceptors (Lipinski definition) is 5. The summed E-state index contributed by atoms with van der Waals surface area (Å²) in [6.07, 6.45) is 0.912. The Hall–Kier alpha value is -1.66. The highest BCUT2D eigenvalue weighted by molar-refractivity contribution is 5.55. The minimum Gasteiger partial charge on any atom is -0.378 e. The van der Waals surface area contributed by atoms with Gasteiger partial charge in [0.2, 0.25) is 0 Å². The molecule has 1 aromatic rings. The first-order valence-electron chi connectivity index (χ1n) is 6.81. The third-order valence-corrected chi connectivity index (χ3v) is 4.06. The molecule has 0 amide bonds. The molecule has 2 aliphatic heterocycles. The summed E-state index contributed by atoms with van der Waals surface area (Å²) < 4.78 is 11.4. The molecule has 1 aromatic carbocycles. The molecule has 20 heavy (non-hydrogen) atoms. The molecule has 3 rings (SSSR count). The van der Waals surface area contributed by atoms with Gasteiger partial charge in [0.05, 0.1) is 18.1 Å². The van der Waals surface area contributed by atoms with Gasteiger partial charge in [-0.2, -0.15) is 0 Å². The molecule has 2 heterocycles. The maximum Gasteiger partial charge on any atom is 0.272 e. The molecule has 1 atom stereocenters. The Morgan fingerprint density at radius 3 is 2.90 bits per heavy atom. The third kappa shape index (κ3) is 2.36. The first kappa shape index (κ1) is 13.3. The largest absolute Gasteiger partial charge is 0.378 e. The molecule has 6 nitrogen and oxygen atoms in total. The van der Waals surface area contributed by atoms with Gasteiger partial charge >= 0.3 is 0 Å². The Morgan fingerprint density at radius 1 is 1.40 bits per heavy atom. The summed E-state index contributed by atoms with van der Waals surface area (Å²) in [6.45, 7) is 5.40.